The fraction of sp³-hybridized carbons (Fsp3) is 0.412. The van der Waals surface area contributed by atoms with Gasteiger partial charge in [0.15, 0.2) is 6.61 Å². The summed E-state index contributed by atoms with van der Waals surface area (Å²) < 4.78 is 4.90. The van der Waals surface area contributed by atoms with Crippen LogP contribution in [0.5, 0.6) is 0 Å². The highest BCUT2D eigenvalue weighted by Gasteiger charge is 2.27. The van der Waals surface area contributed by atoms with E-state index in [-0.39, 0.29) is 37.9 Å². The van der Waals surface area contributed by atoms with E-state index in [0.29, 0.717) is 15.6 Å². The highest BCUT2D eigenvalue weighted by molar-refractivity contribution is 6.35. The number of urea groups is 1. The Kier molecular flexibility index (Phi) is 7.44. The van der Waals surface area contributed by atoms with Crippen LogP contribution in [0.15, 0.2) is 18.2 Å². The third-order valence-corrected chi connectivity index (χ3v) is 4.43. The molecule has 1 aromatic rings. The molecule has 1 fully saturated rings. The molecule has 1 aromatic carbocycles. The highest BCUT2D eigenvalue weighted by Crippen LogP contribution is 2.25. The van der Waals surface area contributed by atoms with E-state index < -0.39 is 24.5 Å². The number of imide groups is 1. The second-order valence-electron chi connectivity index (χ2n) is 5.92. The van der Waals surface area contributed by atoms with E-state index in [4.69, 9.17) is 27.9 Å². The predicted octanol–water partition coefficient (Wildman–Crippen LogP) is 2.05. The molecule has 1 saturated heterocycles. The smallest absolute Gasteiger partial charge is 0.324 e. The zero-order valence-corrected chi connectivity index (χ0v) is 16.1. The number of carbonyl (C=O) groups excluding carboxylic acids is 4. The van der Waals surface area contributed by atoms with Crippen molar-refractivity contribution in [3.8, 4) is 0 Å². The molecule has 2 rings (SSSR count). The average Bonchev–Trinajstić information content (AvgIpc) is 2.91. The van der Waals surface area contributed by atoms with Crippen LogP contribution >= 0.6 is 23.2 Å². The van der Waals surface area contributed by atoms with Crippen LogP contribution in [0.25, 0.3) is 0 Å². The first-order valence-corrected chi connectivity index (χ1v) is 9.01. The fourth-order valence-corrected chi connectivity index (χ4v) is 3.07. The minimum absolute atomic E-state index is 0.0110. The molecular weight excluding hydrogens is 397 g/mol. The van der Waals surface area contributed by atoms with Crippen molar-refractivity contribution in [3.05, 3.63) is 33.8 Å². The maximum absolute atomic E-state index is 11.9. The molecule has 0 radical (unpaired) electrons. The van der Waals surface area contributed by atoms with E-state index in [9.17, 15) is 19.2 Å². The summed E-state index contributed by atoms with van der Waals surface area (Å²) in [6, 6.07) is 4.09. The number of esters is 1. The molecule has 0 aromatic heterocycles. The lowest BCUT2D eigenvalue weighted by molar-refractivity contribution is -0.149. The topological polar surface area (TPSA) is 105 Å². The van der Waals surface area contributed by atoms with Gasteiger partial charge in [0.1, 0.15) is 0 Å². The number of hydrogen-bond donors (Lipinski definition) is 2. The molecule has 4 amide bonds. The van der Waals surface area contributed by atoms with Crippen molar-refractivity contribution in [2.45, 2.75) is 25.8 Å². The van der Waals surface area contributed by atoms with Crippen LogP contribution in [0, 0.1) is 0 Å². The summed E-state index contributed by atoms with van der Waals surface area (Å²) in [4.78, 5) is 47.4. The Bertz CT molecular complexity index is 740. The summed E-state index contributed by atoms with van der Waals surface area (Å²) in [6.45, 7) is 1.40. The number of rotatable bonds is 8. The van der Waals surface area contributed by atoms with Crippen molar-refractivity contribution in [1.82, 2.24) is 15.5 Å². The molecule has 2 N–H and O–H groups in total. The van der Waals surface area contributed by atoms with Crippen molar-refractivity contribution in [2.24, 2.45) is 0 Å². The summed E-state index contributed by atoms with van der Waals surface area (Å²) in [5.41, 5.74) is 0.689. The Morgan fingerprint density at radius 2 is 2.07 bits per heavy atom. The van der Waals surface area contributed by atoms with Crippen molar-refractivity contribution in [2.75, 3.05) is 19.7 Å². The van der Waals surface area contributed by atoms with Gasteiger partial charge in [-0.05, 0) is 31.0 Å². The van der Waals surface area contributed by atoms with E-state index in [2.05, 4.69) is 10.6 Å². The van der Waals surface area contributed by atoms with Crippen molar-refractivity contribution < 1.29 is 23.9 Å². The minimum atomic E-state index is -0.589. The number of ether oxygens (including phenoxy) is 1. The lowest BCUT2D eigenvalue weighted by atomic mass is 10.1. The lowest BCUT2D eigenvalue weighted by Crippen LogP contribution is -2.33. The molecule has 0 unspecified atom stereocenters. The Labute approximate surface area is 166 Å². The minimum Gasteiger partial charge on any atom is -0.456 e. The van der Waals surface area contributed by atoms with Gasteiger partial charge in [0.25, 0.3) is 5.91 Å². The summed E-state index contributed by atoms with van der Waals surface area (Å²) >= 11 is 11.9. The molecular formula is C17H19Cl2N3O5. The Balaban J connectivity index is 1.69. The molecule has 10 heteroatoms. The summed E-state index contributed by atoms with van der Waals surface area (Å²) in [6.07, 6.45) is 0.249. The molecule has 8 nitrogen and oxygen atoms in total. The second kappa shape index (κ2) is 9.57. The SMILES string of the molecule is C[C@@H](NC(=O)COC(=O)CCCN1C(=O)CNC1=O)c1ccc(Cl)cc1Cl. The quantitative estimate of drug-likeness (QED) is 0.499. The van der Waals surface area contributed by atoms with Crippen LogP contribution in [-0.4, -0.2) is 48.4 Å². The first-order valence-electron chi connectivity index (χ1n) is 8.26. The van der Waals surface area contributed by atoms with Crippen LogP contribution in [0.4, 0.5) is 4.79 Å². The fourth-order valence-electron chi connectivity index (χ4n) is 2.49. The standard InChI is InChI=1S/C17H19Cl2N3O5/c1-10(12-5-4-11(18)7-13(12)19)21-14(23)9-27-16(25)3-2-6-22-15(24)8-20-17(22)26/h4-5,7,10H,2-3,6,8-9H2,1H3,(H,20,26)(H,21,23)/t10-/m1/s1. The van der Waals surface area contributed by atoms with Crippen molar-refractivity contribution in [3.63, 3.8) is 0 Å². The Hall–Kier alpha value is -2.32. The van der Waals surface area contributed by atoms with Gasteiger partial charge in [0, 0.05) is 23.0 Å². The molecule has 0 aliphatic carbocycles. The molecule has 146 valence electrons. The zero-order valence-electron chi connectivity index (χ0n) is 14.6. The monoisotopic (exact) mass is 415 g/mol. The Morgan fingerprint density at radius 3 is 2.70 bits per heavy atom. The van der Waals surface area contributed by atoms with Gasteiger partial charge in [-0.3, -0.25) is 19.3 Å². The van der Waals surface area contributed by atoms with Gasteiger partial charge in [-0.1, -0.05) is 29.3 Å². The van der Waals surface area contributed by atoms with Crippen LogP contribution in [-0.2, 0) is 19.1 Å². The molecule has 0 spiro atoms. The van der Waals surface area contributed by atoms with E-state index in [0.717, 1.165) is 4.90 Å². The van der Waals surface area contributed by atoms with E-state index in [1.807, 2.05) is 0 Å². The summed E-state index contributed by atoms with van der Waals surface area (Å²) in [5, 5.41) is 5.98. The van der Waals surface area contributed by atoms with Gasteiger partial charge in [0.05, 0.1) is 12.6 Å². The number of amides is 4. The van der Waals surface area contributed by atoms with Crippen molar-refractivity contribution >= 4 is 47.0 Å². The first kappa shape index (κ1) is 21.0. The highest BCUT2D eigenvalue weighted by atomic mass is 35.5. The van der Waals surface area contributed by atoms with Gasteiger partial charge < -0.3 is 15.4 Å². The number of carbonyl (C=O) groups is 4. The normalized spacial score (nSPS) is 14.7. The molecule has 1 aliphatic heterocycles. The third-order valence-electron chi connectivity index (χ3n) is 3.87. The van der Waals surface area contributed by atoms with E-state index in [1.54, 1.807) is 25.1 Å². The number of benzene rings is 1. The third kappa shape index (κ3) is 6.11. The second-order valence-corrected chi connectivity index (χ2v) is 6.77. The summed E-state index contributed by atoms with van der Waals surface area (Å²) in [5.74, 6) is -1.40. The molecule has 1 atom stereocenters. The maximum atomic E-state index is 11.9. The van der Waals surface area contributed by atoms with E-state index >= 15 is 0 Å². The van der Waals surface area contributed by atoms with Gasteiger partial charge >= 0.3 is 12.0 Å². The van der Waals surface area contributed by atoms with Crippen LogP contribution in [0.1, 0.15) is 31.4 Å². The summed E-state index contributed by atoms with van der Waals surface area (Å²) in [7, 11) is 0. The molecule has 0 bridgehead atoms. The van der Waals surface area contributed by atoms with Crippen LogP contribution < -0.4 is 10.6 Å². The van der Waals surface area contributed by atoms with Crippen LogP contribution in [0.2, 0.25) is 10.0 Å². The van der Waals surface area contributed by atoms with Gasteiger partial charge in [-0.2, -0.15) is 0 Å². The van der Waals surface area contributed by atoms with E-state index in [1.165, 1.54) is 0 Å². The molecule has 0 saturated carbocycles. The Morgan fingerprint density at radius 1 is 1.33 bits per heavy atom. The number of hydrogen-bond acceptors (Lipinski definition) is 5. The number of nitrogens with one attached hydrogen (secondary N) is 2. The van der Waals surface area contributed by atoms with Gasteiger partial charge in [-0.15, -0.1) is 0 Å². The van der Waals surface area contributed by atoms with Gasteiger partial charge in [0.2, 0.25) is 5.91 Å². The maximum Gasteiger partial charge on any atom is 0.324 e. The zero-order chi connectivity index (χ0) is 20.0. The number of nitrogens with zero attached hydrogens (tertiary/aromatic N) is 1. The van der Waals surface area contributed by atoms with Crippen LogP contribution in [0.3, 0.4) is 0 Å². The molecule has 1 aliphatic rings. The largest absolute Gasteiger partial charge is 0.456 e. The van der Waals surface area contributed by atoms with Crippen molar-refractivity contribution in [1.29, 1.82) is 0 Å². The first-order chi connectivity index (χ1) is 12.8. The average molecular weight is 416 g/mol. The molecule has 27 heavy (non-hydrogen) atoms. The molecule has 1 heterocycles. The lowest BCUT2D eigenvalue weighted by Gasteiger charge is -2.16. The predicted molar refractivity (Wildman–Crippen MR) is 98.3 cm³/mol. The number of halogens is 2. The van der Waals surface area contributed by atoms with Gasteiger partial charge in [-0.25, -0.2) is 4.79 Å².